The lowest BCUT2D eigenvalue weighted by Crippen LogP contribution is -2.36. The molecule has 1 aromatic rings. The van der Waals surface area contributed by atoms with Crippen LogP contribution in [-0.2, 0) is 0 Å². The molecule has 2 heterocycles. The fraction of sp³-hybridized carbons (Fsp3) is 0.538. The second-order valence-corrected chi connectivity index (χ2v) is 4.74. The van der Waals surface area contributed by atoms with Crippen molar-refractivity contribution in [1.29, 1.82) is 0 Å². The van der Waals surface area contributed by atoms with E-state index in [1.165, 1.54) is 0 Å². The van der Waals surface area contributed by atoms with Gasteiger partial charge in [0.2, 0.25) is 0 Å². The molecule has 0 radical (unpaired) electrons. The van der Waals surface area contributed by atoms with Crippen LogP contribution in [-0.4, -0.2) is 51.3 Å². The van der Waals surface area contributed by atoms with Crippen molar-refractivity contribution in [3.63, 3.8) is 0 Å². The van der Waals surface area contributed by atoms with Crippen molar-refractivity contribution in [1.82, 2.24) is 9.88 Å². The molecule has 0 spiro atoms. The fourth-order valence-electron chi connectivity index (χ4n) is 2.19. The quantitative estimate of drug-likeness (QED) is 0.798. The van der Waals surface area contributed by atoms with Crippen molar-refractivity contribution in [2.45, 2.75) is 24.9 Å². The minimum Gasteiger partial charge on any atom is -0.393 e. The number of likely N-dealkylation sites (tertiary alicyclic amines) is 1. The van der Waals surface area contributed by atoms with Crippen LogP contribution in [0.15, 0.2) is 24.4 Å². The zero-order chi connectivity index (χ0) is 13.0. The summed E-state index contributed by atoms with van der Waals surface area (Å²) >= 11 is 0. The van der Waals surface area contributed by atoms with Gasteiger partial charge in [-0.2, -0.15) is 0 Å². The van der Waals surface area contributed by atoms with E-state index in [2.05, 4.69) is 4.98 Å². The predicted molar refractivity (Wildman–Crippen MR) is 66.0 cm³/mol. The van der Waals surface area contributed by atoms with Crippen molar-refractivity contribution >= 4 is 5.91 Å². The summed E-state index contributed by atoms with van der Waals surface area (Å²) in [5.74, 6) is -0.113. The Labute approximate surface area is 106 Å². The van der Waals surface area contributed by atoms with E-state index >= 15 is 0 Å². The maximum Gasteiger partial charge on any atom is 0.272 e. The Morgan fingerprint density at radius 2 is 2.22 bits per heavy atom. The topological polar surface area (TPSA) is 73.7 Å². The van der Waals surface area contributed by atoms with Gasteiger partial charge in [-0.15, -0.1) is 0 Å². The predicted octanol–water partition coefficient (Wildman–Crippen LogP) is 0.431. The Kier molecular flexibility index (Phi) is 3.93. The number of carbonyl (C=O) groups excluding carboxylic acids is 1. The second-order valence-electron chi connectivity index (χ2n) is 4.74. The molecule has 1 amide bonds. The summed E-state index contributed by atoms with van der Waals surface area (Å²) < 4.78 is 0. The monoisotopic (exact) mass is 250 g/mol. The van der Waals surface area contributed by atoms with Crippen molar-refractivity contribution < 1.29 is 15.0 Å². The van der Waals surface area contributed by atoms with Crippen molar-refractivity contribution in [3.05, 3.63) is 30.1 Å². The van der Waals surface area contributed by atoms with E-state index in [0.29, 0.717) is 38.0 Å². The first-order chi connectivity index (χ1) is 8.64. The van der Waals surface area contributed by atoms with E-state index in [-0.39, 0.29) is 12.5 Å². The summed E-state index contributed by atoms with van der Waals surface area (Å²) in [6.45, 7) is 0.794. The molecule has 98 valence electrons. The number of aromatic nitrogens is 1. The van der Waals surface area contributed by atoms with Crippen LogP contribution in [0.5, 0.6) is 0 Å². The van der Waals surface area contributed by atoms with E-state index in [0.717, 1.165) is 0 Å². The molecule has 1 aromatic heterocycles. The van der Waals surface area contributed by atoms with Crippen LogP contribution in [0.2, 0.25) is 0 Å². The van der Waals surface area contributed by atoms with Crippen LogP contribution in [0.3, 0.4) is 0 Å². The van der Waals surface area contributed by atoms with Crippen LogP contribution < -0.4 is 0 Å². The second kappa shape index (κ2) is 5.46. The standard InChI is InChI=1S/C13H18N2O3/c16-10-13(18)5-3-8-15(9-6-13)12(17)11-4-1-2-7-14-11/h1-2,4,7,16,18H,3,5-6,8-10H2. The van der Waals surface area contributed by atoms with E-state index in [9.17, 15) is 9.90 Å². The summed E-state index contributed by atoms with van der Waals surface area (Å²) in [6.07, 6.45) is 3.21. The molecule has 1 fully saturated rings. The van der Waals surface area contributed by atoms with Crippen molar-refractivity contribution in [2.24, 2.45) is 0 Å². The van der Waals surface area contributed by atoms with Gasteiger partial charge in [-0.05, 0) is 31.4 Å². The summed E-state index contributed by atoms with van der Waals surface area (Å²) in [5.41, 5.74) is -0.619. The number of nitrogens with zero attached hydrogens (tertiary/aromatic N) is 2. The lowest BCUT2D eigenvalue weighted by Gasteiger charge is -2.24. The van der Waals surface area contributed by atoms with Gasteiger partial charge < -0.3 is 15.1 Å². The lowest BCUT2D eigenvalue weighted by atomic mass is 9.96. The van der Waals surface area contributed by atoms with Gasteiger partial charge in [0.25, 0.3) is 5.91 Å². The first kappa shape index (κ1) is 13.0. The van der Waals surface area contributed by atoms with Crippen LogP contribution >= 0.6 is 0 Å². The molecule has 1 aliphatic rings. The number of aliphatic hydroxyl groups excluding tert-OH is 1. The van der Waals surface area contributed by atoms with Gasteiger partial charge in [0, 0.05) is 19.3 Å². The average Bonchev–Trinajstić information content (AvgIpc) is 2.62. The summed E-state index contributed by atoms with van der Waals surface area (Å²) in [7, 11) is 0. The largest absolute Gasteiger partial charge is 0.393 e. The summed E-state index contributed by atoms with van der Waals surface area (Å²) in [4.78, 5) is 17.9. The number of hydrogen-bond acceptors (Lipinski definition) is 4. The minimum atomic E-state index is -1.04. The first-order valence-corrected chi connectivity index (χ1v) is 6.18. The molecule has 1 unspecified atom stereocenters. The van der Waals surface area contributed by atoms with E-state index in [1.807, 2.05) is 0 Å². The van der Waals surface area contributed by atoms with Gasteiger partial charge in [0.15, 0.2) is 0 Å². The molecule has 2 rings (SSSR count). The Morgan fingerprint density at radius 1 is 1.39 bits per heavy atom. The van der Waals surface area contributed by atoms with Gasteiger partial charge in [-0.3, -0.25) is 9.78 Å². The first-order valence-electron chi connectivity index (χ1n) is 6.18. The Hall–Kier alpha value is -1.46. The summed E-state index contributed by atoms with van der Waals surface area (Å²) in [6, 6.07) is 5.23. The molecular weight excluding hydrogens is 232 g/mol. The van der Waals surface area contributed by atoms with E-state index in [4.69, 9.17) is 5.11 Å². The highest BCUT2D eigenvalue weighted by atomic mass is 16.3. The van der Waals surface area contributed by atoms with Crippen LogP contribution in [0.1, 0.15) is 29.8 Å². The molecule has 0 aliphatic carbocycles. The third-order valence-corrected chi connectivity index (χ3v) is 3.38. The normalized spacial score (nSPS) is 24.7. The maximum atomic E-state index is 12.2. The third kappa shape index (κ3) is 2.86. The van der Waals surface area contributed by atoms with E-state index < -0.39 is 5.60 Å². The van der Waals surface area contributed by atoms with E-state index in [1.54, 1.807) is 29.3 Å². The Morgan fingerprint density at radius 3 is 2.89 bits per heavy atom. The summed E-state index contributed by atoms with van der Waals surface area (Å²) in [5, 5.41) is 19.2. The number of rotatable bonds is 2. The number of amides is 1. The SMILES string of the molecule is O=C(c1ccccn1)N1CCCC(O)(CO)CC1. The molecule has 5 heteroatoms. The maximum absolute atomic E-state index is 12.2. The van der Waals surface area contributed by atoms with Gasteiger partial charge in [-0.1, -0.05) is 6.07 Å². The molecule has 1 atom stereocenters. The Bertz CT molecular complexity index is 410. The number of hydrogen-bond donors (Lipinski definition) is 2. The fourth-order valence-corrected chi connectivity index (χ4v) is 2.19. The van der Waals surface area contributed by atoms with Gasteiger partial charge >= 0.3 is 0 Å². The Balaban J connectivity index is 2.05. The zero-order valence-electron chi connectivity index (χ0n) is 10.2. The average molecular weight is 250 g/mol. The molecule has 0 bridgehead atoms. The van der Waals surface area contributed by atoms with Crippen LogP contribution in [0.25, 0.3) is 0 Å². The third-order valence-electron chi connectivity index (χ3n) is 3.38. The molecule has 18 heavy (non-hydrogen) atoms. The minimum absolute atomic E-state index is 0.113. The molecular formula is C13H18N2O3. The molecule has 5 nitrogen and oxygen atoms in total. The molecule has 0 aromatic carbocycles. The van der Waals surface area contributed by atoms with Crippen LogP contribution in [0.4, 0.5) is 0 Å². The zero-order valence-corrected chi connectivity index (χ0v) is 10.2. The lowest BCUT2D eigenvalue weighted by molar-refractivity contribution is -0.0250. The highest BCUT2D eigenvalue weighted by molar-refractivity contribution is 5.92. The smallest absolute Gasteiger partial charge is 0.272 e. The van der Waals surface area contributed by atoms with Gasteiger partial charge in [0.1, 0.15) is 5.69 Å². The van der Waals surface area contributed by atoms with Crippen molar-refractivity contribution in [3.8, 4) is 0 Å². The van der Waals surface area contributed by atoms with Gasteiger partial charge in [0.05, 0.1) is 12.2 Å². The highest BCUT2D eigenvalue weighted by Gasteiger charge is 2.31. The molecule has 1 aliphatic heterocycles. The van der Waals surface area contributed by atoms with Crippen molar-refractivity contribution in [2.75, 3.05) is 19.7 Å². The number of carbonyl (C=O) groups is 1. The number of aliphatic hydroxyl groups is 2. The molecule has 1 saturated heterocycles. The highest BCUT2D eigenvalue weighted by Crippen LogP contribution is 2.22. The van der Waals surface area contributed by atoms with Crippen LogP contribution in [0, 0.1) is 0 Å². The van der Waals surface area contributed by atoms with Gasteiger partial charge in [-0.25, -0.2) is 0 Å². The number of pyridine rings is 1. The molecule has 2 N–H and O–H groups in total. The molecule has 0 saturated carbocycles.